The van der Waals surface area contributed by atoms with Crippen molar-refractivity contribution in [3.63, 3.8) is 0 Å². The van der Waals surface area contributed by atoms with E-state index >= 15 is 0 Å². The molecule has 68 valence electrons. The van der Waals surface area contributed by atoms with Gasteiger partial charge in [-0.2, -0.15) is 0 Å². The van der Waals surface area contributed by atoms with E-state index in [1.54, 1.807) is 7.11 Å². The molecule has 0 aromatic heterocycles. The Morgan fingerprint density at radius 2 is 1.55 bits per heavy atom. The predicted molar refractivity (Wildman–Crippen MR) is 50.2 cm³/mol. The molecule has 0 rings (SSSR count). The van der Waals surface area contributed by atoms with Gasteiger partial charge in [0.25, 0.3) is 0 Å². The van der Waals surface area contributed by atoms with Crippen LogP contribution in [-0.4, -0.2) is 33.6 Å². The van der Waals surface area contributed by atoms with Crippen molar-refractivity contribution in [1.29, 1.82) is 0 Å². The highest BCUT2D eigenvalue weighted by molar-refractivity contribution is 6.73. The maximum atomic E-state index is 9.14. The first-order valence-corrected chi connectivity index (χ1v) is 9.48. The van der Waals surface area contributed by atoms with E-state index in [0.717, 1.165) is 6.04 Å². The van der Waals surface area contributed by atoms with E-state index in [-0.39, 0.29) is 0 Å². The molecule has 0 aliphatic carbocycles. The van der Waals surface area contributed by atoms with Gasteiger partial charge in [-0.1, -0.05) is 0 Å². The fraction of sp³-hybridized carbons (Fsp3) is 1.00. The monoisotopic (exact) mass is 194 g/mol. The van der Waals surface area contributed by atoms with Crippen molar-refractivity contribution in [1.82, 2.24) is 0 Å². The van der Waals surface area contributed by atoms with Crippen molar-refractivity contribution < 1.29 is 14.0 Å². The molecule has 0 radical (unpaired) electrons. The van der Waals surface area contributed by atoms with Gasteiger partial charge in [-0.3, -0.25) is 0 Å². The number of hydrogen-bond donors (Lipinski definition) is 2. The molecule has 0 aliphatic heterocycles. The lowest BCUT2D eigenvalue weighted by molar-refractivity contribution is 0.366. The fourth-order valence-corrected chi connectivity index (χ4v) is 5.15. The lowest BCUT2D eigenvalue weighted by Gasteiger charge is -2.22. The first kappa shape index (κ1) is 11.3. The molecule has 0 spiro atoms. The summed E-state index contributed by atoms with van der Waals surface area (Å²) in [5.74, 6) is 0. The van der Waals surface area contributed by atoms with Crippen molar-refractivity contribution in [3.8, 4) is 0 Å². The van der Waals surface area contributed by atoms with E-state index in [0.29, 0.717) is 6.04 Å². The van der Waals surface area contributed by atoms with E-state index in [2.05, 4.69) is 13.1 Å². The quantitative estimate of drug-likeness (QED) is 0.654. The highest BCUT2D eigenvalue weighted by Crippen LogP contribution is 2.16. The van der Waals surface area contributed by atoms with Crippen LogP contribution in [0.25, 0.3) is 0 Å². The average Bonchev–Trinajstić information content (AvgIpc) is 1.83. The zero-order valence-corrected chi connectivity index (χ0v) is 9.72. The molecule has 5 heteroatoms. The summed E-state index contributed by atoms with van der Waals surface area (Å²) in [6, 6.07) is 1.36. The smallest absolute Gasteiger partial charge is 0.329 e. The molecule has 11 heavy (non-hydrogen) atoms. The van der Waals surface area contributed by atoms with E-state index in [1.807, 2.05) is 0 Å². The average molecular weight is 194 g/mol. The Labute approximate surface area is 70.4 Å². The van der Waals surface area contributed by atoms with Crippen LogP contribution in [0.5, 0.6) is 0 Å². The fourth-order valence-electron chi connectivity index (χ4n) is 0.640. The molecule has 0 aliphatic rings. The Morgan fingerprint density at radius 3 is 1.82 bits per heavy atom. The molecular weight excluding hydrogens is 176 g/mol. The van der Waals surface area contributed by atoms with Gasteiger partial charge < -0.3 is 14.0 Å². The van der Waals surface area contributed by atoms with Gasteiger partial charge in [-0.15, -0.1) is 0 Å². The molecule has 0 bridgehead atoms. The van der Waals surface area contributed by atoms with Crippen LogP contribution in [0.4, 0.5) is 0 Å². The van der Waals surface area contributed by atoms with Crippen LogP contribution in [0.1, 0.15) is 0 Å². The van der Waals surface area contributed by atoms with E-state index in [4.69, 9.17) is 14.0 Å². The number of rotatable bonds is 4. The lowest BCUT2D eigenvalue weighted by Crippen LogP contribution is -2.36. The summed E-state index contributed by atoms with van der Waals surface area (Å²) in [6.07, 6.45) is 0. The van der Waals surface area contributed by atoms with Crippen LogP contribution < -0.4 is 0 Å². The van der Waals surface area contributed by atoms with E-state index < -0.39 is 16.9 Å². The first-order chi connectivity index (χ1) is 4.77. The van der Waals surface area contributed by atoms with Crippen LogP contribution in [-0.2, 0) is 4.43 Å². The minimum absolute atomic E-state index is 0.528. The molecule has 0 saturated heterocycles. The standard InChI is InChI=1S/C6H18O3Si2/c1-9-10(2,3)5-6-11(4,7)8/h7-8H,5-6H2,1-4H3. The highest BCUT2D eigenvalue weighted by Gasteiger charge is 2.28. The Bertz CT molecular complexity index is 119. The maximum Gasteiger partial charge on any atom is 0.329 e. The summed E-state index contributed by atoms with van der Waals surface area (Å²) in [4.78, 5) is 18.3. The molecule has 0 aromatic carbocycles. The summed E-state index contributed by atoms with van der Waals surface area (Å²) in [5, 5.41) is 0. The van der Waals surface area contributed by atoms with Crippen LogP contribution >= 0.6 is 0 Å². The summed E-state index contributed by atoms with van der Waals surface area (Å²) < 4.78 is 5.27. The third-order valence-corrected chi connectivity index (χ3v) is 6.01. The van der Waals surface area contributed by atoms with Gasteiger partial charge in [0.15, 0.2) is 8.32 Å². The second kappa shape index (κ2) is 3.82. The Balaban J connectivity index is 3.70. The van der Waals surface area contributed by atoms with Crippen LogP contribution in [0.3, 0.4) is 0 Å². The molecular formula is C6H18O3Si2. The topological polar surface area (TPSA) is 49.7 Å². The van der Waals surface area contributed by atoms with Gasteiger partial charge in [0, 0.05) is 7.11 Å². The van der Waals surface area contributed by atoms with Crippen molar-refractivity contribution in [2.24, 2.45) is 0 Å². The second-order valence-electron chi connectivity index (χ2n) is 3.68. The van der Waals surface area contributed by atoms with E-state index in [9.17, 15) is 0 Å². The van der Waals surface area contributed by atoms with Gasteiger partial charge in [0.1, 0.15) is 0 Å². The zero-order chi connectivity index (χ0) is 9.12. The van der Waals surface area contributed by atoms with Crippen molar-refractivity contribution >= 4 is 16.9 Å². The maximum absolute atomic E-state index is 9.14. The Morgan fingerprint density at radius 1 is 1.09 bits per heavy atom. The molecule has 0 saturated carbocycles. The molecule has 0 amide bonds. The minimum atomic E-state index is -2.83. The predicted octanol–water partition coefficient (Wildman–Crippen LogP) is 0.894. The van der Waals surface area contributed by atoms with Crippen LogP contribution in [0.2, 0.25) is 31.7 Å². The normalized spacial score (nSPS) is 13.6. The summed E-state index contributed by atoms with van der Waals surface area (Å²) in [7, 11) is -2.71. The third kappa shape index (κ3) is 6.70. The molecule has 0 heterocycles. The number of hydrogen-bond acceptors (Lipinski definition) is 3. The van der Waals surface area contributed by atoms with Crippen molar-refractivity contribution in [2.75, 3.05) is 7.11 Å². The SMILES string of the molecule is CO[Si](C)(C)CC[Si](C)(O)O. The zero-order valence-electron chi connectivity index (χ0n) is 7.72. The highest BCUT2D eigenvalue weighted by atomic mass is 28.4. The summed E-state index contributed by atoms with van der Waals surface area (Å²) in [6.45, 7) is 5.69. The van der Waals surface area contributed by atoms with Gasteiger partial charge in [0.05, 0.1) is 0 Å². The molecule has 0 unspecified atom stereocenters. The van der Waals surface area contributed by atoms with Crippen molar-refractivity contribution in [2.45, 2.75) is 31.7 Å². The first-order valence-electron chi connectivity index (χ1n) is 3.77. The molecule has 3 nitrogen and oxygen atoms in total. The van der Waals surface area contributed by atoms with Crippen LogP contribution in [0, 0.1) is 0 Å². The van der Waals surface area contributed by atoms with Gasteiger partial charge in [0.2, 0.25) is 0 Å². The molecule has 0 atom stereocenters. The molecule has 0 fully saturated rings. The summed E-state index contributed by atoms with van der Waals surface area (Å²) in [5.41, 5.74) is 0. The Hall–Kier alpha value is 0.314. The minimum Gasteiger partial charge on any atom is -0.420 e. The summed E-state index contributed by atoms with van der Waals surface area (Å²) >= 11 is 0. The van der Waals surface area contributed by atoms with Gasteiger partial charge in [-0.05, 0) is 31.7 Å². The van der Waals surface area contributed by atoms with Crippen LogP contribution in [0.15, 0.2) is 0 Å². The largest absolute Gasteiger partial charge is 0.420 e. The third-order valence-electron chi connectivity index (χ3n) is 1.75. The lowest BCUT2D eigenvalue weighted by atomic mass is 10.9. The van der Waals surface area contributed by atoms with Gasteiger partial charge in [-0.25, -0.2) is 0 Å². The molecule has 0 aromatic rings. The molecule has 2 N–H and O–H groups in total. The Kier molecular flexibility index (Phi) is 3.92. The van der Waals surface area contributed by atoms with Crippen molar-refractivity contribution in [3.05, 3.63) is 0 Å². The van der Waals surface area contributed by atoms with Gasteiger partial charge >= 0.3 is 8.56 Å². The second-order valence-corrected chi connectivity index (χ2v) is 11.0. The van der Waals surface area contributed by atoms with E-state index in [1.165, 1.54) is 6.55 Å².